The molecule has 15 atom stereocenters. The zero-order valence-corrected chi connectivity index (χ0v) is 75.9. The number of allylic oxidation sites excluding steroid dienone is 6. The normalized spacial score (nSPS) is 26.5. The number of ketones is 3. The summed E-state index contributed by atoms with van der Waals surface area (Å²) in [5.41, 5.74) is 17.1. The topological polar surface area (TPSA) is 449 Å². The van der Waals surface area contributed by atoms with E-state index in [1.54, 1.807) is 56.5 Å². The zero-order chi connectivity index (χ0) is 91.0. The first kappa shape index (κ1) is 102. The van der Waals surface area contributed by atoms with Gasteiger partial charge in [0.05, 0.1) is 168 Å². The third kappa shape index (κ3) is 32.4. The number of esters is 1. The van der Waals surface area contributed by atoms with E-state index in [2.05, 4.69) is 30.6 Å². The number of cyclic esters (lactones) is 1. The number of aryl methyl sites for hydroxylation is 1. The standard InChI is InChI=1S/C91H138N12O24/c1-60-18-12-11-13-19-61(2)76(112-8)55-70-24-21-66(7)91(111,127-70)85(108)88(109)102-29-16-14-20-72(102)89(110)125-77(56-73(104)62(3)51-65(6)83(107)84(114-10)82(106)64(5)50-60)63(4)52-67-22-25-75(78(53-67)113-9)124-49-48-123-58-69-57-101(100-98-69)31-33-116-35-37-118-39-41-120-43-45-122-47-46-121-44-42-119-40-38-117-36-34-115-32-27-79(105)94-28-15-17-30-103-87-80(86(92)95-59-96-87)81(99-103)68-23-26-74-71(54-68)97-90(93)126-74/h11-13,18-19,23,26,51,54,57,59-60,62-64,66-67,70,72,75-78,83-84,107,111H,14-17,20-22,24-25,27-50,52-53,55-56,58H2,1-10H3,(H2,93,97)(H,94,105)(H2,92,95,96)/b13-11+,18-12+,61-19+,65-51+/t60-,62-,63-,64-,66-,67-,70+,72-,75+,76?,77+,78-,83+,84?,91-/m1/s1. The van der Waals surface area contributed by atoms with Gasteiger partial charge in [-0.15, -0.1) is 5.10 Å². The number of nitrogens with one attached hydrogen (secondary N) is 1. The Morgan fingerprint density at radius 2 is 1.39 bits per heavy atom. The van der Waals surface area contributed by atoms with Crippen LogP contribution in [-0.2, 0) is 120 Å². The number of nitrogens with zero attached hydrogens (tertiary/aromatic N) is 9. The minimum Gasteiger partial charge on any atom is -0.460 e. The number of hydrogen-bond acceptors (Lipinski definition) is 32. The largest absolute Gasteiger partial charge is 0.460 e. The molecule has 3 aliphatic heterocycles. The van der Waals surface area contributed by atoms with Crippen LogP contribution in [0.25, 0.3) is 33.4 Å². The Hall–Kier alpha value is -8.28. The number of benzene rings is 1. The number of nitrogen functional groups attached to an aromatic ring is 2. The quantitative estimate of drug-likeness (QED) is 0.0106. The number of hydrogen-bond donors (Lipinski definition) is 5. The number of fused-ring (bicyclic) bond motifs is 5. The molecule has 3 fully saturated rings. The van der Waals surface area contributed by atoms with Crippen LogP contribution >= 0.6 is 0 Å². The number of unbranched alkanes of at least 4 members (excludes halogenated alkanes) is 1. The minimum atomic E-state index is -2.47. The number of amides is 2. The van der Waals surface area contributed by atoms with Gasteiger partial charge in [0, 0.05) is 83.5 Å². The van der Waals surface area contributed by atoms with Gasteiger partial charge in [0.15, 0.2) is 17.0 Å². The fraction of sp³-hybridized carbons (Fsp3) is 0.692. The molecule has 2 amide bonds. The second-order valence-corrected chi connectivity index (χ2v) is 33.4. The molecule has 0 spiro atoms. The van der Waals surface area contributed by atoms with Crippen LogP contribution in [-0.4, -0.2) is 298 Å². The maximum Gasteiger partial charge on any atom is 0.329 e. The summed E-state index contributed by atoms with van der Waals surface area (Å²) in [7, 11) is 4.61. The number of methoxy groups -OCH3 is 3. The Morgan fingerprint density at radius 3 is 2.07 bits per heavy atom. The van der Waals surface area contributed by atoms with Crippen LogP contribution in [0.2, 0.25) is 0 Å². The van der Waals surface area contributed by atoms with E-state index in [0.29, 0.717) is 235 Å². The highest BCUT2D eigenvalue weighted by atomic mass is 16.6. The van der Waals surface area contributed by atoms with Crippen molar-refractivity contribution < 1.29 is 114 Å². The van der Waals surface area contributed by atoms with Gasteiger partial charge < -0.3 is 107 Å². The summed E-state index contributed by atoms with van der Waals surface area (Å²) >= 11 is 0. The summed E-state index contributed by atoms with van der Waals surface area (Å²) < 4.78 is 96.4. The zero-order valence-electron chi connectivity index (χ0n) is 75.9. The van der Waals surface area contributed by atoms with Gasteiger partial charge in [-0.2, -0.15) is 10.1 Å². The number of nitrogens with two attached hydrogens (primary N) is 2. The highest BCUT2D eigenvalue weighted by Crippen LogP contribution is 2.39. The molecule has 4 aliphatic rings. The maximum absolute atomic E-state index is 14.8. The number of oxazole rings is 1. The van der Waals surface area contributed by atoms with Gasteiger partial charge >= 0.3 is 5.97 Å². The average molecular weight is 1780 g/mol. The Morgan fingerprint density at radius 1 is 0.717 bits per heavy atom. The monoisotopic (exact) mass is 1780 g/mol. The van der Waals surface area contributed by atoms with Crippen molar-refractivity contribution in [1.82, 2.24) is 49.9 Å². The van der Waals surface area contributed by atoms with E-state index in [-0.39, 0.29) is 92.5 Å². The van der Waals surface area contributed by atoms with Gasteiger partial charge in [0.25, 0.3) is 17.7 Å². The average Bonchev–Trinajstić information content (AvgIpc) is 1.54. The van der Waals surface area contributed by atoms with Gasteiger partial charge in [0.1, 0.15) is 59.2 Å². The van der Waals surface area contributed by atoms with E-state index in [1.165, 1.54) is 18.3 Å². The lowest BCUT2D eigenvalue weighted by atomic mass is 9.78. The van der Waals surface area contributed by atoms with Crippen molar-refractivity contribution in [2.24, 2.45) is 35.5 Å². The van der Waals surface area contributed by atoms with E-state index in [0.717, 1.165) is 30.4 Å². The van der Waals surface area contributed by atoms with E-state index in [9.17, 15) is 39.0 Å². The van der Waals surface area contributed by atoms with Crippen LogP contribution in [0.4, 0.5) is 11.8 Å². The number of carbonyl (C=O) groups excluding carboxylic acids is 6. The van der Waals surface area contributed by atoms with E-state index < -0.39 is 77.8 Å². The second kappa shape index (κ2) is 54.4. The number of piperidine rings is 1. The second-order valence-electron chi connectivity index (χ2n) is 33.4. The summed E-state index contributed by atoms with van der Waals surface area (Å²) in [6, 6.07) is 4.39. The van der Waals surface area contributed by atoms with Crippen molar-refractivity contribution in [3.05, 3.63) is 84.0 Å². The van der Waals surface area contributed by atoms with Crippen LogP contribution in [0.5, 0.6) is 0 Å². The van der Waals surface area contributed by atoms with Gasteiger partial charge in [0.2, 0.25) is 11.7 Å². The van der Waals surface area contributed by atoms with E-state index in [1.807, 2.05) is 76.4 Å². The molecule has 5 aromatic rings. The number of rotatable bonds is 45. The number of aliphatic hydroxyl groups excluding tert-OH is 1. The number of aromatic nitrogens is 8. The first-order valence-electron chi connectivity index (χ1n) is 45.0. The predicted molar refractivity (Wildman–Crippen MR) is 469 cm³/mol. The molecule has 4 aromatic heterocycles. The van der Waals surface area contributed by atoms with Gasteiger partial charge in [-0.1, -0.05) is 76.3 Å². The Labute approximate surface area is 744 Å². The number of anilines is 2. The fourth-order valence-corrected chi connectivity index (χ4v) is 16.4. The first-order valence-corrected chi connectivity index (χ1v) is 45.0. The van der Waals surface area contributed by atoms with Crippen LogP contribution in [0.1, 0.15) is 150 Å². The van der Waals surface area contributed by atoms with Crippen LogP contribution < -0.4 is 16.8 Å². The lowest BCUT2D eigenvalue weighted by molar-refractivity contribution is -0.265. The number of carbonyl (C=O) groups is 6. The molecule has 36 heteroatoms. The molecule has 7 N–H and O–H groups in total. The predicted octanol–water partition coefficient (Wildman–Crippen LogP) is 8.25. The van der Waals surface area contributed by atoms with Crippen molar-refractivity contribution in [3.8, 4) is 11.3 Å². The van der Waals surface area contributed by atoms with Crippen molar-refractivity contribution >= 4 is 69.1 Å². The third-order valence-corrected chi connectivity index (χ3v) is 23.7. The summed E-state index contributed by atoms with van der Waals surface area (Å²) in [4.78, 5) is 98.7. The van der Waals surface area contributed by atoms with Gasteiger partial charge in [-0.25, -0.2) is 24.1 Å². The highest BCUT2D eigenvalue weighted by Gasteiger charge is 2.53. The summed E-state index contributed by atoms with van der Waals surface area (Å²) in [6.07, 6.45) is 16.3. The van der Waals surface area contributed by atoms with Crippen LogP contribution in [0.15, 0.2) is 82.7 Å². The van der Waals surface area contributed by atoms with Crippen LogP contribution in [0.3, 0.4) is 0 Å². The fourth-order valence-electron chi connectivity index (χ4n) is 16.4. The number of ether oxygens (including phenoxy) is 15. The molecular weight excluding hydrogens is 1650 g/mol. The molecule has 706 valence electrons. The molecule has 0 radical (unpaired) electrons. The Balaban J connectivity index is 0.586. The maximum atomic E-state index is 14.8. The molecular formula is C91H138N12O24. The smallest absolute Gasteiger partial charge is 0.329 e. The van der Waals surface area contributed by atoms with Crippen molar-refractivity contribution in [3.63, 3.8) is 0 Å². The molecule has 1 aromatic carbocycles. The third-order valence-electron chi connectivity index (χ3n) is 23.7. The molecule has 2 unspecified atom stereocenters. The van der Waals surface area contributed by atoms with Crippen molar-refractivity contribution in [2.45, 2.75) is 219 Å². The molecule has 36 nitrogen and oxygen atoms in total. The molecule has 2 saturated heterocycles. The number of aliphatic hydroxyl groups is 2. The highest BCUT2D eigenvalue weighted by molar-refractivity contribution is 6.39. The molecule has 1 saturated carbocycles. The van der Waals surface area contributed by atoms with Gasteiger partial charge in [-0.3, -0.25) is 24.0 Å². The van der Waals surface area contributed by atoms with E-state index >= 15 is 0 Å². The molecule has 2 bridgehead atoms. The summed E-state index contributed by atoms with van der Waals surface area (Å²) in [6.45, 7) is 21.6. The van der Waals surface area contributed by atoms with E-state index in [4.69, 9.17) is 92.0 Å². The summed E-state index contributed by atoms with van der Waals surface area (Å²) in [5, 5.41) is 40.7. The van der Waals surface area contributed by atoms with Crippen LogP contribution in [0, 0.1) is 35.5 Å². The minimum absolute atomic E-state index is 0.00921. The lowest BCUT2D eigenvalue weighted by Gasteiger charge is -2.42. The Kier molecular flexibility index (Phi) is 43.9. The van der Waals surface area contributed by atoms with Crippen molar-refractivity contribution in [2.75, 3.05) is 165 Å². The Bertz CT molecular complexity index is 4320. The first-order chi connectivity index (χ1) is 61.4. The van der Waals surface area contributed by atoms with Crippen molar-refractivity contribution in [1.29, 1.82) is 0 Å². The molecule has 7 heterocycles. The molecule has 1 aliphatic carbocycles. The number of Topliss-reactive ketones (excluding diaryl/α,β-unsaturated/α-hetero) is 3. The molecule has 127 heavy (non-hydrogen) atoms. The van der Waals surface area contributed by atoms with Gasteiger partial charge in [-0.05, 0) is 138 Å². The summed E-state index contributed by atoms with van der Waals surface area (Å²) in [5.74, 6) is -8.07. The molecule has 9 rings (SSSR count). The SMILES string of the molecule is COC1C[C@@H]2CC[C@@H](C)[C@@](O)(O2)C(=O)C(=O)N2CCCC[C@@H]2C(=O)O[C@H]([C@H](C)C[C@H]2CC[C@H](OCCOCc3cn(CCOCCOCCOCCOCCOCCOCCOCCOCCC(=O)NCCCCn4nc(-c5ccc6oc(N)nc6c5)c5c(N)ncnc54)nn3)[C@H](OC)C2)CC(=O)[C@H](C)/C=C(\C)[C@H](O)C(OC)C(=O)[C@H](C)C[C@H](C)/C=C/C=C/C=C/1C. The lowest BCUT2D eigenvalue weighted by Crippen LogP contribution is -2.61.